The van der Waals surface area contributed by atoms with Crippen LogP contribution in [-0.4, -0.2) is 62.4 Å². The van der Waals surface area contributed by atoms with Crippen LogP contribution in [0.2, 0.25) is 5.02 Å². The predicted octanol–water partition coefficient (Wildman–Crippen LogP) is 1.81. The molecule has 2 atom stereocenters. The number of benzene rings is 1. The summed E-state index contributed by atoms with van der Waals surface area (Å²) in [6.45, 7) is 1.18. The van der Waals surface area contributed by atoms with E-state index in [4.69, 9.17) is 21.1 Å². The molecule has 1 saturated heterocycles. The van der Waals surface area contributed by atoms with Gasteiger partial charge in [-0.25, -0.2) is 4.98 Å². The molecule has 2 N–H and O–H groups in total. The van der Waals surface area contributed by atoms with Crippen LogP contribution >= 0.6 is 11.6 Å². The fourth-order valence-electron chi connectivity index (χ4n) is 3.04. The van der Waals surface area contributed by atoms with Gasteiger partial charge in [0.15, 0.2) is 0 Å². The van der Waals surface area contributed by atoms with E-state index < -0.39 is 0 Å². The van der Waals surface area contributed by atoms with Gasteiger partial charge >= 0.3 is 0 Å². The Balaban J connectivity index is 1.73. The van der Waals surface area contributed by atoms with Crippen LogP contribution < -0.4 is 20.3 Å². The number of halogens is 1. The summed E-state index contributed by atoms with van der Waals surface area (Å²) < 4.78 is 10.7. The van der Waals surface area contributed by atoms with Crippen molar-refractivity contribution in [2.24, 2.45) is 0 Å². The first-order chi connectivity index (χ1) is 13.0. The van der Waals surface area contributed by atoms with Gasteiger partial charge in [0.1, 0.15) is 11.6 Å². The monoisotopic (exact) mass is 391 g/mol. The zero-order valence-electron chi connectivity index (χ0n) is 15.4. The van der Waals surface area contributed by atoms with Gasteiger partial charge in [0.05, 0.1) is 29.8 Å². The van der Waals surface area contributed by atoms with E-state index in [1.165, 1.54) is 0 Å². The molecule has 27 heavy (non-hydrogen) atoms. The second kappa shape index (κ2) is 8.41. The molecule has 0 saturated carbocycles. The number of aromatic nitrogens is 2. The summed E-state index contributed by atoms with van der Waals surface area (Å²) in [6, 6.07) is 6.60. The van der Waals surface area contributed by atoms with Crippen molar-refractivity contribution in [1.82, 2.24) is 15.3 Å². The van der Waals surface area contributed by atoms with Gasteiger partial charge < -0.3 is 25.0 Å². The van der Waals surface area contributed by atoms with E-state index in [-0.39, 0.29) is 18.1 Å². The fraction of sp³-hybridized carbons (Fsp3) is 0.389. The Morgan fingerprint density at radius 3 is 2.78 bits per heavy atom. The summed E-state index contributed by atoms with van der Waals surface area (Å²) in [5, 5.41) is 6.27. The lowest BCUT2D eigenvalue weighted by Gasteiger charge is -2.19. The van der Waals surface area contributed by atoms with Crippen molar-refractivity contribution in [3.8, 4) is 5.75 Å². The van der Waals surface area contributed by atoms with Gasteiger partial charge in [0, 0.05) is 33.4 Å². The minimum absolute atomic E-state index is 0.168. The number of amides is 1. The van der Waals surface area contributed by atoms with Gasteiger partial charge in [-0.15, -0.1) is 0 Å². The molecule has 1 aliphatic rings. The van der Waals surface area contributed by atoms with E-state index in [0.717, 1.165) is 5.82 Å². The Hall–Kier alpha value is -2.58. The van der Waals surface area contributed by atoms with Crippen LogP contribution in [0, 0.1) is 0 Å². The van der Waals surface area contributed by atoms with E-state index >= 15 is 0 Å². The fourth-order valence-corrected chi connectivity index (χ4v) is 3.29. The number of ether oxygens (including phenoxy) is 2. The molecule has 1 amide bonds. The molecule has 0 aliphatic carbocycles. The van der Waals surface area contributed by atoms with Crippen molar-refractivity contribution in [2.45, 2.75) is 12.1 Å². The number of methoxy groups -OCH3 is 2. The third kappa shape index (κ3) is 4.23. The van der Waals surface area contributed by atoms with E-state index in [2.05, 4.69) is 25.5 Å². The lowest BCUT2D eigenvalue weighted by Crippen LogP contribution is -2.43. The zero-order chi connectivity index (χ0) is 19.4. The van der Waals surface area contributed by atoms with Crippen LogP contribution in [0.5, 0.6) is 5.75 Å². The number of carbonyl (C=O) groups is 1. The number of hydrogen-bond acceptors (Lipinski definition) is 7. The first-order valence-electron chi connectivity index (χ1n) is 8.48. The number of nitrogens with zero attached hydrogens (tertiary/aromatic N) is 3. The molecule has 2 heterocycles. The highest BCUT2D eigenvalue weighted by Gasteiger charge is 2.35. The summed E-state index contributed by atoms with van der Waals surface area (Å²) in [4.78, 5) is 23.3. The van der Waals surface area contributed by atoms with Crippen molar-refractivity contribution < 1.29 is 14.3 Å². The highest BCUT2D eigenvalue weighted by atomic mass is 35.5. The molecule has 1 aliphatic heterocycles. The third-order valence-electron chi connectivity index (χ3n) is 4.49. The van der Waals surface area contributed by atoms with Crippen molar-refractivity contribution in [3.05, 3.63) is 41.0 Å². The Morgan fingerprint density at radius 1 is 1.30 bits per heavy atom. The quantitative estimate of drug-likeness (QED) is 0.776. The number of hydrogen-bond donors (Lipinski definition) is 2. The third-order valence-corrected chi connectivity index (χ3v) is 4.81. The van der Waals surface area contributed by atoms with Crippen molar-refractivity contribution in [2.75, 3.05) is 44.6 Å². The molecule has 0 spiro atoms. The number of nitrogens with one attached hydrogen (secondary N) is 2. The lowest BCUT2D eigenvalue weighted by atomic mass is 10.1. The molecule has 3 rings (SSSR count). The summed E-state index contributed by atoms with van der Waals surface area (Å²) in [7, 11) is 4.95. The maximum atomic E-state index is 12.7. The Bertz CT molecular complexity index is 819. The zero-order valence-corrected chi connectivity index (χ0v) is 16.2. The topological polar surface area (TPSA) is 88.6 Å². The van der Waals surface area contributed by atoms with Crippen LogP contribution in [0.3, 0.4) is 0 Å². The van der Waals surface area contributed by atoms with Crippen molar-refractivity contribution in [1.29, 1.82) is 0 Å². The summed E-state index contributed by atoms with van der Waals surface area (Å²) >= 11 is 6.21. The Kier molecular flexibility index (Phi) is 5.98. The summed E-state index contributed by atoms with van der Waals surface area (Å²) in [6.07, 6.45) is 1.53. The summed E-state index contributed by atoms with van der Waals surface area (Å²) in [5.74, 6) is 1.66. The highest BCUT2D eigenvalue weighted by molar-refractivity contribution is 6.34. The summed E-state index contributed by atoms with van der Waals surface area (Å²) in [5.41, 5.74) is 0.394. The lowest BCUT2D eigenvalue weighted by molar-refractivity contribution is 0.0782. The Morgan fingerprint density at radius 2 is 2.11 bits per heavy atom. The SMILES string of the molecule is CNc1nccc(N2C[C@H](OC)[C@H](NC(=O)c3ccc(OC)cc3Cl)C2)n1. The van der Waals surface area contributed by atoms with E-state index in [0.29, 0.717) is 35.4 Å². The maximum absolute atomic E-state index is 12.7. The van der Waals surface area contributed by atoms with Crippen molar-refractivity contribution >= 4 is 29.3 Å². The maximum Gasteiger partial charge on any atom is 0.253 e. The van der Waals surface area contributed by atoms with Crippen LogP contribution in [-0.2, 0) is 4.74 Å². The number of anilines is 2. The molecule has 1 fully saturated rings. The molecule has 8 nitrogen and oxygen atoms in total. The number of carbonyl (C=O) groups excluding carboxylic acids is 1. The molecule has 1 aromatic carbocycles. The smallest absolute Gasteiger partial charge is 0.253 e. The van der Waals surface area contributed by atoms with Gasteiger partial charge in [-0.3, -0.25) is 4.79 Å². The second-order valence-electron chi connectivity index (χ2n) is 6.09. The minimum Gasteiger partial charge on any atom is -0.497 e. The van der Waals surface area contributed by atoms with Crippen LogP contribution in [0.15, 0.2) is 30.5 Å². The average Bonchev–Trinajstić information content (AvgIpc) is 3.10. The van der Waals surface area contributed by atoms with E-state index in [1.54, 1.807) is 45.7 Å². The van der Waals surface area contributed by atoms with E-state index in [1.807, 2.05) is 6.07 Å². The van der Waals surface area contributed by atoms with Crippen LogP contribution in [0.4, 0.5) is 11.8 Å². The molecule has 9 heteroatoms. The molecule has 1 aromatic heterocycles. The second-order valence-corrected chi connectivity index (χ2v) is 6.50. The van der Waals surface area contributed by atoms with E-state index in [9.17, 15) is 4.79 Å². The molecule has 2 aromatic rings. The minimum atomic E-state index is -0.254. The van der Waals surface area contributed by atoms with Gasteiger partial charge in [0.25, 0.3) is 5.91 Å². The number of rotatable bonds is 6. The van der Waals surface area contributed by atoms with Gasteiger partial charge in [-0.1, -0.05) is 11.6 Å². The molecule has 0 unspecified atom stereocenters. The standard InChI is InChI=1S/C18H22ClN5O3/c1-20-18-21-7-6-16(23-18)24-9-14(15(10-24)27-3)22-17(25)12-5-4-11(26-2)8-13(12)19/h4-8,14-15H,9-10H2,1-3H3,(H,22,25)(H,20,21,23)/t14-,15+/m1/s1. The van der Waals surface area contributed by atoms with Gasteiger partial charge in [-0.2, -0.15) is 4.98 Å². The Labute approximate surface area is 162 Å². The molecular weight excluding hydrogens is 370 g/mol. The first kappa shape index (κ1) is 19.2. The first-order valence-corrected chi connectivity index (χ1v) is 8.86. The molecule has 144 valence electrons. The molecule has 0 radical (unpaired) electrons. The van der Waals surface area contributed by atoms with Gasteiger partial charge in [-0.05, 0) is 24.3 Å². The molecule has 0 bridgehead atoms. The average molecular weight is 392 g/mol. The predicted molar refractivity (Wildman–Crippen MR) is 104 cm³/mol. The normalized spacial score (nSPS) is 19.0. The molecular formula is C18H22ClN5O3. The van der Waals surface area contributed by atoms with Crippen LogP contribution in [0.25, 0.3) is 0 Å². The largest absolute Gasteiger partial charge is 0.497 e. The van der Waals surface area contributed by atoms with Crippen LogP contribution in [0.1, 0.15) is 10.4 Å². The van der Waals surface area contributed by atoms with Crippen molar-refractivity contribution in [3.63, 3.8) is 0 Å². The van der Waals surface area contributed by atoms with Gasteiger partial charge in [0.2, 0.25) is 5.95 Å². The highest BCUT2D eigenvalue weighted by Crippen LogP contribution is 2.24.